The number of hydrogen-bond acceptors (Lipinski definition) is 2. The molecular formula is C15H14FNO. The molecule has 18 heavy (non-hydrogen) atoms. The van der Waals surface area contributed by atoms with Gasteiger partial charge in [0, 0.05) is 0 Å². The van der Waals surface area contributed by atoms with E-state index in [1.54, 1.807) is 6.07 Å². The van der Waals surface area contributed by atoms with E-state index in [1.165, 1.54) is 23.3 Å². The molecule has 1 atom stereocenters. The minimum atomic E-state index is -0.299. The van der Waals surface area contributed by atoms with Crippen molar-refractivity contribution >= 4 is 0 Å². The fraction of sp³-hybridized carbons (Fsp3) is 0.200. The SMILES string of the molecule is NC(c1cccc(F)c1)c1ccc2c(c1)COC2. The Morgan fingerprint density at radius 2 is 1.78 bits per heavy atom. The second kappa shape index (κ2) is 4.52. The Morgan fingerprint density at radius 3 is 2.61 bits per heavy atom. The molecule has 1 aliphatic rings. The summed E-state index contributed by atoms with van der Waals surface area (Å²) in [6.07, 6.45) is 0. The van der Waals surface area contributed by atoms with Gasteiger partial charge in [-0.25, -0.2) is 4.39 Å². The molecule has 2 nitrogen and oxygen atoms in total. The molecule has 2 N–H and O–H groups in total. The van der Waals surface area contributed by atoms with Crippen LogP contribution in [0, 0.1) is 5.82 Å². The van der Waals surface area contributed by atoms with E-state index in [9.17, 15) is 4.39 Å². The number of ether oxygens (including phenoxy) is 1. The van der Waals surface area contributed by atoms with Gasteiger partial charge in [-0.3, -0.25) is 0 Å². The molecule has 0 radical (unpaired) electrons. The summed E-state index contributed by atoms with van der Waals surface area (Å²) in [6.45, 7) is 1.31. The summed E-state index contributed by atoms with van der Waals surface area (Å²) in [5, 5.41) is 0. The van der Waals surface area contributed by atoms with Gasteiger partial charge in [-0.2, -0.15) is 0 Å². The van der Waals surface area contributed by atoms with E-state index in [2.05, 4.69) is 6.07 Å². The maximum absolute atomic E-state index is 13.2. The van der Waals surface area contributed by atoms with Crippen molar-refractivity contribution in [2.24, 2.45) is 5.73 Å². The van der Waals surface area contributed by atoms with E-state index in [0.717, 1.165) is 11.1 Å². The van der Waals surface area contributed by atoms with Crippen molar-refractivity contribution in [1.82, 2.24) is 0 Å². The lowest BCUT2D eigenvalue weighted by Crippen LogP contribution is -2.12. The summed E-state index contributed by atoms with van der Waals surface area (Å²) in [5.74, 6) is -0.257. The van der Waals surface area contributed by atoms with Crippen LogP contribution >= 0.6 is 0 Å². The van der Waals surface area contributed by atoms with E-state index in [0.29, 0.717) is 13.2 Å². The summed E-state index contributed by atoms with van der Waals surface area (Å²) in [7, 11) is 0. The zero-order valence-electron chi connectivity index (χ0n) is 9.90. The van der Waals surface area contributed by atoms with Crippen LogP contribution in [-0.2, 0) is 18.0 Å². The number of fused-ring (bicyclic) bond motifs is 1. The lowest BCUT2D eigenvalue weighted by molar-refractivity contribution is 0.134. The number of halogens is 1. The molecule has 1 unspecified atom stereocenters. The Bertz CT molecular complexity index is 582. The van der Waals surface area contributed by atoms with Crippen LogP contribution in [0.3, 0.4) is 0 Å². The van der Waals surface area contributed by atoms with Crippen LogP contribution in [0.2, 0.25) is 0 Å². The van der Waals surface area contributed by atoms with Gasteiger partial charge in [0.15, 0.2) is 0 Å². The third-order valence-corrected chi connectivity index (χ3v) is 3.31. The number of benzene rings is 2. The first kappa shape index (κ1) is 11.4. The smallest absolute Gasteiger partial charge is 0.123 e. The Balaban J connectivity index is 1.95. The number of hydrogen-bond donors (Lipinski definition) is 1. The van der Waals surface area contributed by atoms with Gasteiger partial charge in [0.05, 0.1) is 19.3 Å². The Morgan fingerprint density at radius 1 is 1.00 bits per heavy atom. The summed E-state index contributed by atoms with van der Waals surface area (Å²) in [5.41, 5.74) is 10.3. The molecule has 2 aromatic carbocycles. The fourth-order valence-electron chi connectivity index (χ4n) is 2.28. The average molecular weight is 243 g/mol. The summed E-state index contributed by atoms with van der Waals surface area (Å²) >= 11 is 0. The van der Waals surface area contributed by atoms with E-state index in [1.807, 2.05) is 18.2 Å². The van der Waals surface area contributed by atoms with Gasteiger partial charge in [0.25, 0.3) is 0 Å². The van der Waals surface area contributed by atoms with Gasteiger partial charge >= 0.3 is 0 Å². The van der Waals surface area contributed by atoms with Crippen molar-refractivity contribution < 1.29 is 9.13 Å². The van der Waals surface area contributed by atoms with Gasteiger partial charge < -0.3 is 10.5 Å². The third kappa shape index (κ3) is 2.03. The van der Waals surface area contributed by atoms with Crippen molar-refractivity contribution in [3.05, 3.63) is 70.5 Å². The first-order chi connectivity index (χ1) is 8.74. The van der Waals surface area contributed by atoms with E-state index in [-0.39, 0.29) is 11.9 Å². The normalized spacial score (nSPS) is 15.4. The second-order valence-corrected chi connectivity index (χ2v) is 4.55. The Labute approximate surface area is 105 Å². The largest absolute Gasteiger partial charge is 0.372 e. The molecule has 0 saturated heterocycles. The van der Waals surface area contributed by atoms with Crippen LogP contribution in [0.15, 0.2) is 42.5 Å². The zero-order valence-corrected chi connectivity index (χ0v) is 9.90. The fourth-order valence-corrected chi connectivity index (χ4v) is 2.28. The van der Waals surface area contributed by atoms with Crippen LogP contribution < -0.4 is 5.73 Å². The molecule has 2 aromatic rings. The Hall–Kier alpha value is -1.71. The van der Waals surface area contributed by atoms with Crippen LogP contribution in [-0.4, -0.2) is 0 Å². The number of rotatable bonds is 2. The van der Waals surface area contributed by atoms with Crippen molar-refractivity contribution in [2.75, 3.05) is 0 Å². The van der Waals surface area contributed by atoms with Crippen molar-refractivity contribution in [1.29, 1.82) is 0 Å². The predicted molar refractivity (Wildman–Crippen MR) is 67.4 cm³/mol. The highest BCUT2D eigenvalue weighted by molar-refractivity contribution is 5.38. The molecule has 0 saturated carbocycles. The molecule has 1 heterocycles. The number of nitrogens with two attached hydrogens (primary N) is 1. The summed E-state index contributed by atoms with van der Waals surface area (Å²) in [4.78, 5) is 0. The van der Waals surface area contributed by atoms with Crippen LogP contribution in [0.1, 0.15) is 28.3 Å². The molecule has 0 spiro atoms. The van der Waals surface area contributed by atoms with E-state index < -0.39 is 0 Å². The van der Waals surface area contributed by atoms with Gasteiger partial charge in [-0.05, 0) is 34.4 Å². The lowest BCUT2D eigenvalue weighted by atomic mass is 9.96. The maximum Gasteiger partial charge on any atom is 0.123 e. The molecular weight excluding hydrogens is 229 g/mol. The topological polar surface area (TPSA) is 35.2 Å². The van der Waals surface area contributed by atoms with Crippen molar-refractivity contribution in [3.63, 3.8) is 0 Å². The average Bonchev–Trinajstić information content (AvgIpc) is 2.85. The highest BCUT2D eigenvalue weighted by atomic mass is 19.1. The van der Waals surface area contributed by atoms with Gasteiger partial charge in [-0.15, -0.1) is 0 Å². The molecule has 92 valence electrons. The van der Waals surface area contributed by atoms with Gasteiger partial charge in [0.2, 0.25) is 0 Å². The van der Waals surface area contributed by atoms with E-state index in [4.69, 9.17) is 10.5 Å². The first-order valence-electron chi connectivity index (χ1n) is 5.94. The molecule has 0 bridgehead atoms. The molecule has 0 amide bonds. The summed E-state index contributed by atoms with van der Waals surface area (Å²) in [6, 6.07) is 12.2. The molecule has 0 aromatic heterocycles. The minimum absolute atomic E-state index is 0.257. The Kier molecular flexibility index (Phi) is 2.86. The molecule has 3 rings (SSSR count). The van der Waals surface area contributed by atoms with Gasteiger partial charge in [-0.1, -0.05) is 30.3 Å². The lowest BCUT2D eigenvalue weighted by Gasteiger charge is -2.13. The van der Waals surface area contributed by atoms with Crippen LogP contribution in [0.25, 0.3) is 0 Å². The maximum atomic E-state index is 13.2. The van der Waals surface area contributed by atoms with Crippen molar-refractivity contribution in [2.45, 2.75) is 19.3 Å². The van der Waals surface area contributed by atoms with E-state index >= 15 is 0 Å². The van der Waals surface area contributed by atoms with Crippen molar-refractivity contribution in [3.8, 4) is 0 Å². The monoisotopic (exact) mass is 243 g/mol. The predicted octanol–water partition coefficient (Wildman–Crippen LogP) is 2.90. The zero-order chi connectivity index (χ0) is 12.5. The molecule has 3 heteroatoms. The standard InChI is InChI=1S/C15H14FNO/c16-14-3-1-2-10(7-14)15(17)11-4-5-12-8-18-9-13(12)6-11/h1-7,15H,8-9,17H2. The summed E-state index contributed by atoms with van der Waals surface area (Å²) < 4.78 is 18.6. The minimum Gasteiger partial charge on any atom is -0.372 e. The third-order valence-electron chi connectivity index (χ3n) is 3.31. The molecule has 0 fully saturated rings. The first-order valence-corrected chi connectivity index (χ1v) is 5.94. The molecule has 0 aliphatic carbocycles. The highest BCUT2D eigenvalue weighted by Gasteiger charge is 2.15. The highest BCUT2D eigenvalue weighted by Crippen LogP contribution is 2.26. The quantitative estimate of drug-likeness (QED) is 0.880. The van der Waals surface area contributed by atoms with Crippen LogP contribution in [0.5, 0.6) is 0 Å². The molecule has 1 aliphatic heterocycles. The second-order valence-electron chi connectivity index (χ2n) is 4.55. The van der Waals surface area contributed by atoms with Gasteiger partial charge in [0.1, 0.15) is 5.82 Å². The van der Waals surface area contributed by atoms with Crippen LogP contribution in [0.4, 0.5) is 4.39 Å².